The molecule has 0 unspecified atom stereocenters. The van der Waals surface area contributed by atoms with Gasteiger partial charge in [-0.25, -0.2) is 4.39 Å². The van der Waals surface area contributed by atoms with Crippen LogP contribution in [0.25, 0.3) is 33.6 Å². The fourth-order valence-corrected chi connectivity index (χ4v) is 4.20. The van der Waals surface area contributed by atoms with E-state index in [4.69, 9.17) is 4.98 Å². The van der Waals surface area contributed by atoms with Crippen molar-refractivity contribution in [3.8, 4) is 33.6 Å². The topological polar surface area (TPSA) is 25.8 Å². The number of aromatic nitrogens is 2. The molecule has 0 saturated heterocycles. The van der Waals surface area contributed by atoms with Crippen molar-refractivity contribution >= 4 is 0 Å². The van der Waals surface area contributed by atoms with Crippen molar-refractivity contribution in [3.63, 3.8) is 0 Å². The van der Waals surface area contributed by atoms with Crippen molar-refractivity contribution in [1.82, 2.24) is 9.97 Å². The number of hydrogen-bond acceptors (Lipinski definition) is 2. The molecule has 2 aromatic carbocycles. The van der Waals surface area contributed by atoms with Gasteiger partial charge < -0.3 is 0 Å². The molecule has 0 amide bonds. The van der Waals surface area contributed by atoms with Gasteiger partial charge in [0, 0.05) is 17.3 Å². The number of halogens is 1. The van der Waals surface area contributed by atoms with E-state index < -0.39 is 0 Å². The molecule has 0 aliphatic heterocycles. The summed E-state index contributed by atoms with van der Waals surface area (Å²) in [6.07, 6.45) is 3.14. The fraction of sp³-hybridized carbons (Fsp3) is 0.290. The van der Waals surface area contributed by atoms with Gasteiger partial charge in [-0.1, -0.05) is 71.9 Å². The molecule has 2 heterocycles. The molecule has 0 atom stereocenters. The maximum atomic E-state index is 13.7. The van der Waals surface area contributed by atoms with Crippen LogP contribution in [0, 0.1) is 12.7 Å². The van der Waals surface area contributed by atoms with Gasteiger partial charge in [0.2, 0.25) is 0 Å². The van der Waals surface area contributed by atoms with E-state index in [1.165, 1.54) is 23.4 Å². The number of hydrogen-bond donors (Lipinski definition) is 0. The first kappa shape index (κ1) is 23.8. The molecule has 0 saturated carbocycles. The third-order valence-electron chi connectivity index (χ3n) is 6.33. The summed E-state index contributed by atoms with van der Waals surface area (Å²) in [6, 6.07) is 20.5. The van der Waals surface area contributed by atoms with Gasteiger partial charge in [0.1, 0.15) is 5.82 Å². The van der Waals surface area contributed by atoms with Gasteiger partial charge in [-0.05, 0) is 75.9 Å². The first-order valence-corrected chi connectivity index (χ1v) is 11.8. The largest absolute Gasteiger partial charge is 0.256 e. The van der Waals surface area contributed by atoms with Gasteiger partial charge in [-0.3, -0.25) is 9.97 Å². The molecule has 0 radical (unpaired) electrons. The molecule has 0 fully saturated rings. The third-order valence-corrected chi connectivity index (χ3v) is 6.33. The van der Waals surface area contributed by atoms with E-state index in [-0.39, 0.29) is 16.6 Å². The van der Waals surface area contributed by atoms with Gasteiger partial charge in [-0.15, -0.1) is 0 Å². The summed E-state index contributed by atoms with van der Waals surface area (Å²) in [6.45, 7) is 15.4. The Bertz CT molecular complexity index is 1320. The molecular formula is C31H33FN2. The minimum Gasteiger partial charge on any atom is -0.256 e. The van der Waals surface area contributed by atoms with E-state index in [1.54, 1.807) is 6.07 Å². The lowest BCUT2D eigenvalue weighted by molar-refractivity contribution is 0.590. The smallest absolute Gasteiger partial charge is 0.141 e. The van der Waals surface area contributed by atoms with Crippen LogP contribution in [-0.4, -0.2) is 9.97 Å². The quantitative estimate of drug-likeness (QED) is 0.311. The zero-order valence-corrected chi connectivity index (χ0v) is 21.2. The summed E-state index contributed by atoms with van der Waals surface area (Å²) in [7, 11) is 0. The van der Waals surface area contributed by atoms with Crippen LogP contribution in [0.3, 0.4) is 0 Å². The molecule has 2 aromatic heterocycles. The van der Waals surface area contributed by atoms with Gasteiger partial charge in [-0.2, -0.15) is 0 Å². The normalized spacial score (nSPS) is 12.1. The average Bonchev–Trinajstić information content (AvgIpc) is 2.78. The van der Waals surface area contributed by atoms with Crippen molar-refractivity contribution in [1.29, 1.82) is 0 Å². The Kier molecular flexibility index (Phi) is 6.16. The Labute approximate surface area is 202 Å². The van der Waals surface area contributed by atoms with E-state index in [2.05, 4.69) is 95.9 Å². The summed E-state index contributed by atoms with van der Waals surface area (Å²) in [4.78, 5) is 9.21. The molecule has 4 rings (SSSR count). The molecule has 0 aliphatic carbocycles. The Morgan fingerprint density at radius 1 is 0.647 bits per heavy atom. The van der Waals surface area contributed by atoms with E-state index in [0.717, 1.165) is 39.2 Å². The van der Waals surface area contributed by atoms with Crippen molar-refractivity contribution in [2.45, 2.75) is 59.3 Å². The molecule has 4 aromatic rings. The zero-order valence-electron chi connectivity index (χ0n) is 21.2. The lowest BCUT2D eigenvalue weighted by Gasteiger charge is -2.24. The summed E-state index contributed by atoms with van der Waals surface area (Å²) in [5.74, 6) is -0.336. The zero-order chi connectivity index (χ0) is 24.7. The van der Waals surface area contributed by atoms with Crippen LogP contribution >= 0.6 is 0 Å². The van der Waals surface area contributed by atoms with Crippen molar-refractivity contribution < 1.29 is 4.39 Å². The van der Waals surface area contributed by atoms with E-state index in [9.17, 15) is 4.39 Å². The second kappa shape index (κ2) is 8.79. The molecule has 0 aliphatic rings. The van der Waals surface area contributed by atoms with Gasteiger partial charge in [0.05, 0.1) is 17.6 Å². The second-order valence-electron chi connectivity index (χ2n) is 11.1. The highest BCUT2D eigenvalue weighted by molar-refractivity contribution is 5.91. The second-order valence-corrected chi connectivity index (χ2v) is 11.1. The highest BCUT2D eigenvalue weighted by Gasteiger charge is 2.22. The van der Waals surface area contributed by atoms with Crippen molar-refractivity contribution in [2.75, 3.05) is 0 Å². The van der Waals surface area contributed by atoms with Crippen LogP contribution in [0.15, 0.2) is 73.1 Å². The van der Waals surface area contributed by atoms with Crippen LogP contribution in [0.2, 0.25) is 0 Å². The highest BCUT2D eigenvalue weighted by Crippen LogP contribution is 2.41. The lowest BCUT2D eigenvalue weighted by atomic mass is 9.80. The number of aryl methyl sites for hydroxylation is 1. The monoisotopic (exact) mass is 452 g/mol. The SMILES string of the molecule is Cc1cccnc1-c1cc(C(C)(C)C)ccc1-c1ccc(C(C)(C)C)cc1-c1ccc(F)cn1. The summed E-state index contributed by atoms with van der Waals surface area (Å²) in [5, 5.41) is 0. The number of pyridine rings is 2. The predicted molar refractivity (Wildman–Crippen MR) is 140 cm³/mol. The Morgan fingerprint density at radius 3 is 1.76 bits per heavy atom. The number of nitrogens with zero attached hydrogens (tertiary/aromatic N) is 2. The Morgan fingerprint density at radius 2 is 1.24 bits per heavy atom. The van der Waals surface area contributed by atoms with E-state index in [0.29, 0.717) is 0 Å². The maximum absolute atomic E-state index is 13.7. The molecular weight excluding hydrogens is 419 g/mol. The highest BCUT2D eigenvalue weighted by atomic mass is 19.1. The molecule has 34 heavy (non-hydrogen) atoms. The summed E-state index contributed by atoms with van der Waals surface area (Å²) >= 11 is 0. The third kappa shape index (κ3) is 4.79. The molecule has 0 spiro atoms. The minimum absolute atomic E-state index is 0.00734. The standard InChI is InChI=1S/C31H33FN2/c1-20-9-8-16-33-29(20)27-18-22(31(5,6)7)11-14-25(27)24-13-10-21(30(2,3)4)17-26(24)28-15-12-23(32)19-34-28/h8-19H,1-7H3. The van der Waals surface area contributed by atoms with Gasteiger partial charge in [0.15, 0.2) is 0 Å². The molecule has 0 bridgehead atoms. The first-order chi connectivity index (χ1) is 15.9. The molecule has 174 valence electrons. The maximum Gasteiger partial charge on any atom is 0.141 e. The summed E-state index contributed by atoms with van der Waals surface area (Å²) in [5.41, 5.74) is 9.54. The van der Waals surface area contributed by atoms with Crippen LogP contribution in [0.4, 0.5) is 4.39 Å². The first-order valence-electron chi connectivity index (χ1n) is 11.8. The van der Waals surface area contributed by atoms with E-state index >= 15 is 0 Å². The predicted octanol–water partition coefficient (Wildman–Crippen LogP) is 8.52. The van der Waals surface area contributed by atoms with Gasteiger partial charge >= 0.3 is 0 Å². The molecule has 3 heteroatoms. The minimum atomic E-state index is -0.336. The molecule has 0 N–H and O–H groups in total. The molecule has 2 nitrogen and oxygen atoms in total. The van der Waals surface area contributed by atoms with Crippen LogP contribution in [0.5, 0.6) is 0 Å². The van der Waals surface area contributed by atoms with Crippen LogP contribution in [0.1, 0.15) is 58.2 Å². The fourth-order valence-electron chi connectivity index (χ4n) is 4.20. The Hall–Kier alpha value is -3.33. The summed E-state index contributed by atoms with van der Waals surface area (Å²) < 4.78 is 13.7. The number of rotatable bonds is 3. The number of benzene rings is 2. The lowest BCUT2D eigenvalue weighted by Crippen LogP contribution is -2.12. The Balaban J connectivity index is 2.04. The average molecular weight is 453 g/mol. The van der Waals surface area contributed by atoms with Crippen LogP contribution in [-0.2, 0) is 10.8 Å². The van der Waals surface area contributed by atoms with Crippen LogP contribution < -0.4 is 0 Å². The van der Waals surface area contributed by atoms with Crippen molar-refractivity contribution in [2.24, 2.45) is 0 Å². The van der Waals surface area contributed by atoms with E-state index in [1.807, 2.05) is 12.3 Å². The van der Waals surface area contributed by atoms with Gasteiger partial charge in [0.25, 0.3) is 0 Å². The van der Waals surface area contributed by atoms with Crippen molar-refractivity contribution in [3.05, 3.63) is 95.6 Å².